The third-order valence-electron chi connectivity index (χ3n) is 5.11. The maximum absolute atomic E-state index is 12.4. The summed E-state index contributed by atoms with van der Waals surface area (Å²) < 4.78 is 5.44. The number of nitrogens with one attached hydrogen (secondary N) is 1. The van der Waals surface area contributed by atoms with Gasteiger partial charge in [0.2, 0.25) is 5.91 Å². The quantitative estimate of drug-likeness (QED) is 0.848. The largest absolute Gasteiger partial charge is 0.381 e. The van der Waals surface area contributed by atoms with E-state index in [1.54, 1.807) is 0 Å². The minimum Gasteiger partial charge on any atom is -0.381 e. The lowest BCUT2D eigenvalue weighted by Crippen LogP contribution is -2.51. The Kier molecular flexibility index (Phi) is 6.49. The second-order valence-electron chi connectivity index (χ2n) is 7.05. The highest BCUT2D eigenvalue weighted by Gasteiger charge is 2.28. The van der Waals surface area contributed by atoms with Crippen molar-refractivity contribution in [1.82, 2.24) is 10.2 Å². The van der Waals surface area contributed by atoms with Crippen LogP contribution < -0.4 is 5.32 Å². The molecule has 1 amide bonds. The predicted molar refractivity (Wildman–Crippen MR) is 85.2 cm³/mol. The minimum atomic E-state index is 0.203. The Morgan fingerprint density at radius 1 is 1.19 bits per heavy atom. The van der Waals surface area contributed by atoms with Gasteiger partial charge in [-0.25, -0.2) is 0 Å². The van der Waals surface area contributed by atoms with Crippen molar-refractivity contribution in [3.8, 4) is 0 Å². The average molecular weight is 296 g/mol. The average Bonchev–Trinajstić information content (AvgIpc) is 2.48. The van der Waals surface area contributed by atoms with Gasteiger partial charge < -0.3 is 10.1 Å². The topological polar surface area (TPSA) is 41.6 Å². The molecule has 1 heterocycles. The van der Waals surface area contributed by atoms with Crippen LogP contribution in [0.2, 0.25) is 0 Å². The molecule has 0 bridgehead atoms. The van der Waals surface area contributed by atoms with Gasteiger partial charge in [-0.1, -0.05) is 19.8 Å². The Balaban J connectivity index is 1.85. The van der Waals surface area contributed by atoms with Crippen molar-refractivity contribution in [1.29, 1.82) is 0 Å². The molecule has 2 rings (SSSR count). The smallest absolute Gasteiger partial charge is 0.234 e. The minimum absolute atomic E-state index is 0.203. The fourth-order valence-electron chi connectivity index (χ4n) is 3.70. The van der Waals surface area contributed by atoms with Crippen molar-refractivity contribution < 1.29 is 9.53 Å². The van der Waals surface area contributed by atoms with E-state index < -0.39 is 0 Å². The standard InChI is InChI=1S/C17H32N2O2/c1-13(2)19(15-8-10-21-11-9-15)12-17(20)18-16-7-5-4-6-14(16)3/h13-16H,4-12H2,1-3H3,(H,18,20)/t14-,16+/m0/s1. The normalized spacial score (nSPS) is 28.0. The van der Waals surface area contributed by atoms with Crippen LogP contribution in [0, 0.1) is 5.92 Å². The molecule has 1 aliphatic heterocycles. The van der Waals surface area contributed by atoms with Gasteiger partial charge in [-0.15, -0.1) is 0 Å². The van der Waals surface area contributed by atoms with E-state index in [2.05, 4.69) is 31.0 Å². The number of hydrogen-bond donors (Lipinski definition) is 1. The highest BCUT2D eigenvalue weighted by molar-refractivity contribution is 5.78. The van der Waals surface area contributed by atoms with Crippen molar-refractivity contribution in [2.75, 3.05) is 19.8 Å². The number of carbonyl (C=O) groups excluding carboxylic acids is 1. The van der Waals surface area contributed by atoms with Gasteiger partial charge in [0.25, 0.3) is 0 Å². The van der Waals surface area contributed by atoms with Gasteiger partial charge in [0, 0.05) is 31.3 Å². The van der Waals surface area contributed by atoms with Crippen molar-refractivity contribution >= 4 is 5.91 Å². The first-order valence-electron chi connectivity index (χ1n) is 8.70. The zero-order chi connectivity index (χ0) is 15.2. The summed E-state index contributed by atoms with van der Waals surface area (Å²) in [5.74, 6) is 0.826. The summed E-state index contributed by atoms with van der Waals surface area (Å²) in [6.45, 7) is 8.83. The molecule has 1 saturated carbocycles. The molecule has 1 saturated heterocycles. The molecule has 0 radical (unpaired) electrons. The van der Waals surface area contributed by atoms with Gasteiger partial charge in [-0.05, 0) is 45.4 Å². The fourth-order valence-corrected chi connectivity index (χ4v) is 3.70. The summed E-state index contributed by atoms with van der Waals surface area (Å²) in [5, 5.41) is 3.28. The number of nitrogens with zero attached hydrogens (tertiary/aromatic N) is 1. The molecule has 2 atom stereocenters. The van der Waals surface area contributed by atoms with Crippen LogP contribution in [0.4, 0.5) is 0 Å². The summed E-state index contributed by atoms with van der Waals surface area (Å²) >= 11 is 0. The van der Waals surface area contributed by atoms with E-state index in [9.17, 15) is 4.79 Å². The molecule has 4 nitrogen and oxygen atoms in total. The summed E-state index contributed by atoms with van der Waals surface area (Å²) in [7, 11) is 0. The molecule has 122 valence electrons. The second kappa shape index (κ2) is 8.14. The van der Waals surface area contributed by atoms with E-state index in [-0.39, 0.29) is 5.91 Å². The summed E-state index contributed by atoms with van der Waals surface area (Å²) in [4.78, 5) is 14.8. The Bertz CT molecular complexity index is 327. The van der Waals surface area contributed by atoms with Crippen LogP contribution in [0.5, 0.6) is 0 Å². The fraction of sp³-hybridized carbons (Fsp3) is 0.941. The highest BCUT2D eigenvalue weighted by Crippen LogP contribution is 2.24. The van der Waals surface area contributed by atoms with Crippen LogP contribution in [0.15, 0.2) is 0 Å². The molecule has 1 aliphatic carbocycles. The Morgan fingerprint density at radius 2 is 1.86 bits per heavy atom. The van der Waals surface area contributed by atoms with Crippen LogP contribution >= 0.6 is 0 Å². The van der Waals surface area contributed by atoms with Crippen molar-refractivity contribution in [2.45, 2.75) is 77.4 Å². The first kappa shape index (κ1) is 16.8. The van der Waals surface area contributed by atoms with E-state index in [4.69, 9.17) is 4.74 Å². The predicted octanol–water partition coefficient (Wildman–Crippen LogP) is 2.57. The van der Waals surface area contributed by atoms with Crippen LogP contribution in [0.25, 0.3) is 0 Å². The monoisotopic (exact) mass is 296 g/mol. The van der Waals surface area contributed by atoms with E-state index in [0.29, 0.717) is 30.6 Å². The molecule has 2 fully saturated rings. The first-order chi connectivity index (χ1) is 10.1. The summed E-state index contributed by atoms with van der Waals surface area (Å²) in [5.41, 5.74) is 0. The third kappa shape index (κ3) is 4.96. The molecule has 2 aliphatic rings. The summed E-state index contributed by atoms with van der Waals surface area (Å²) in [6.07, 6.45) is 7.05. The van der Waals surface area contributed by atoms with Gasteiger partial charge >= 0.3 is 0 Å². The molecule has 4 heteroatoms. The van der Waals surface area contributed by atoms with E-state index in [0.717, 1.165) is 32.5 Å². The number of carbonyl (C=O) groups is 1. The number of amides is 1. The van der Waals surface area contributed by atoms with Gasteiger partial charge in [0.1, 0.15) is 0 Å². The molecule has 0 aromatic carbocycles. The van der Waals surface area contributed by atoms with Gasteiger partial charge in [0.05, 0.1) is 6.54 Å². The maximum Gasteiger partial charge on any atom is 0.234 e. The molecule has 0 aromatic heterocycles. The molecule has 21 heavy (non-hydrogen) atoms. The molecule has 0 spiro atoms. The zero-order valence-electron chi connectivity index (χ0n) is 13.9. The second-order valence-corrected chi connectivity index (χ2v) is 7.05. The van der Waals surface area contributed by atoms with Crippen molar-refractivity contribution in [3.63, 3.8) is 0 Å². The Morgan fingerprint density at radius 3 is 2.48 bits per heavy atom. The SMILES string of the molecule is CC(C)N(CC(=O)N[C@@H]1CCCC[C@@H]1C)C1CCOCC1. The molecule has 1 N–H and O–H groups in total. The lowest BCUT2D eigenvalue weighted by atomic mass is 9.86. The van der Waals surface area contributed by atoms with Crippen LogP contribution in [0.3, 0.4) is 0 Å². The van der Waals surface area contributed by atoms with E-state index >= 15 is 0 Å². The Hall–Kier alpha value is -0.610. The van der Waals surface area contributed by atoms with E-state index in [1.165, 1.54) is 19.3 Å². The maximum atomic E-state index is 12.4. The van der Waals surface area contributed by atoms with Crippen LogP contribution in [0.1, 0.15) is 59.3 Å². The van der Waals surface area contributed by atoms with E-state index in [1.807, 2.05) is 0 Å². The Labute approximate surface area is 129 Å². The third-order valence-corrected chi connectivity index (χ3v) is 5.11. The molecular weight excluding hydrogens is 264 g/mol. The summed E-state index contributed by atoms with van der Waals surface area (Å²) in [6, 6.07) is 1.28. The molecule has 0 unspecified atom stereocenters. The number of ether oxygens (including phenoxy) is 1. The number of rotatable bonds is 5. The van der Waals surface area contributed by atoms with Gasteiger partial charge in [0.15, 0.2) is 0 Å². The number of hydrogen-bond acceptors (Lipinski definition) is 3. The first-order valence-corrected chi connectivity index (χ1v) is 8.70. The van der Waals surface area contributed by atoms with Gasteiger partial charge in [-0.3, -0.25) is 9.69 Å². The van der Waals surface area contributed by atoms with Crippen molar-refractivity contribution in [3.05, 3.63) is 0 Å². The van der Waals surface area contributed by atoms with Crippen molar-refractivity contribution in [2.24, 2.45) is 5.92 Å². The molecular formula is C17H32N2O2. The van der Waals surface area contributed by atoms with Crippen LogP contribution in [-0.4, -0.2) is 48.7 Å². The van der Waals surface area contributed by atoms with Gasteiger partial charge in [-0.2, -0.15) is 0 Å². The zero-order valence-corrected chi connectivity index (χ0v) is 13.9. The lowest BCUT2D eigenvalue weighted by Gasteiger charge is -2.37. The lowest BCUT2D eigenvalue weighted by molar-refractivity contribution is -0.125. The molecule has 0 aromatic rings. The highest BCUT2D eigenvalue weighted by atomic mass is 16.5. The van der Waals surface area contributed by atoms with Crippen LogP contribution in [-0.2, 0) is 9.53 Å².